The van der Waals surface area contributed by atoms with Crippen LogP contribution in [-0.2, 0) is 27.2 Å². The molecule has 1 heterocycles. The SMILES string of the molecule is C[C@@H](OC(=O)COc1ccc2c(c1)CCC2)C(=O)N1CCN(c2ccccc2)CC1. The molecule has 1 atom stereocenters. The summed E-state index contributed by atoms with van der Waals surface area (Å²) in [6.45, 7) is 4.18. The van der Waals surface area contributed by atoms with Gasteiger partial charge in [-0.3, -0.25) is 4.79 Å². The van der Waals surface area contributed by atoms with E-state index in [9.17, 15) is 9.59 Å². The summed E-state index contributed by atoms with van der Waals surface area (Å²) in [5.74, 6) is -0.0172. The highest BCUT2D eigenvalue weighted by atomic mass is 16.6. The van der Waals surface area contributed by atoms with Crippen LogP contribution < -0.4 is 9.64 Å². The number of esters is 1. The molecule has 1 amide bonds. The van der Waals surface area contributed by atoms with Gasteiger partial charge in [-0.1, -0.05) is 24.3 Å². The van der Waals surface area contributed by atoms with E-state index in [4.69, 9.17) is 9.47 Å². The minimum Gasteiger partial charge on any atom is -0.482 e. The predicted molar refractivity (Wildman–Crippen MR) is 115 cm³/mol. The van der Waals surface area contributed by atoms with Gasteiger partial charge < -0.3 is 19.3 Å². The highest BCUT2D eigenvalue weighted by Crippen LogP contribution is 2.26. The van der Waals surface area contributed by atoms with Gasteiger partial charge in [0.15, 0.2) is 12.7 Å². The average molecular weight is 408 g/mol. The van der Waals surface area contributed by atoms with E-state index in [1.165, 1.54) is 17.5 Å². The Morgan fingerprint density at radius 2 is 1.70 bits per heavy atom. The van der Waals surface area contributed by atoms with E-state index in [1.807, 2.05) is 30.3 Å². The molecule has 0 saturated carbocycles. The van der Waals surface area contributed by atoms with Gasteiger partial charge in [-0.15, -0.1) is 0 Å². The lowest BCUT2D eigenvalue weighted by atomic mass is 10.1. The number of amides is 1. The molecule has 6 nitrogen and oxygen atoms in total. The molecule has 0 aromatic heterocycles. The first-order valence-electron chi connectivity index (χ1n) is 10.6. The molecule has 0 bridgehead atoms. The normalized spacial score (nSPS) is 16.7. The van der Waals surface area contributed by atoms with Crippen molar-refractivity contribution in [2.75, 3.05) is 37.7 Å². The number of rotatable bonds is 6. The Hall–Kier alpha value is -3.02. The Balaban J connectivity index is 1.22. The summed E-state index contributed by atoms with van der Waals surface area (Å²) >= 11 is 0. The van der Waals surface area contributed by atoms with Gasteiger partial charge in [-0.25, -0.2) is 4.79 Å². The van der Waals surface area contributed by atoms with E-state index < -0.39 is 12.1 Å². The van der Waals surface area contributed by atoms with Crippen molar-refractivity contribution >= 4 is 17.6 Å². The van der Waals surface area contributed by atoms with E-state index in [2.05, 4.69) is 23.1 Å². The van der Waals surface area contributed by atoms with Gasteiger partial charge in [0.05, 0.1) is 0 Å². The van der Waals surface area contributed by atoms with Crippen LogP contribution in [0.25, 0.3) is 0 Å². The molecule has 2 aromatic carbocycles. The first kappa shape index (κ1) is 20.3. The van der Waals surface area contributed by atoms with Gasteiger partial charge in [0, 0.05) is 31.9 Å². The molecule has 4 rings (SSSR count). The monoisotopic (exact) mass is 408 g/mol. The topological polar surface area (TPSA) is 59.1 Å². The summed E-state index contributed by atoms with van der Waals surface area (Å²) in [6.07, 6.45) is 2.51. The second-order valence-electron chi connectivity index (χ2n) is 7.85. The van der Waals surface area contributed by atoms with Crippen LogP contribution in [0.4, 0.5) is 5.69 Å². The van der Waals surface area contributed by atoms with Crippen molar-refractivity contribution in [1.82, 2.24) is 4.90 Å². The zero-order chi connectivity index (χ0) is 20.9. The number of hydrogen-bond donors (Lipinski definition) is 0. The number of anilines is 1. The molecule has 0 N–H and O–H groups in total. The Labute approximate surface area is 177 Å². The lowest BCUT2D eigenvalue weighted by molar-refractivity contribution is -0.160. The van der Waals surface area contributed by atoms with Crippen molar-refractivity contribution in [2.45, 2.75) is 32.3 Å². The van der Waals surface area contributed by atoms with Gasteiger partial charge in [0.2, 0.25) is 0 Å². The maximum Gasteiger partial charge on any atom is 0.344 e. The molecule has 0 radical (unpaired) electrons. The molecular formula is C24H28N2O4. The van der Waals surface area contributed by atoms with Gasteiger partial charge >= 0.3 is 5.97 Å². The summed E-state index contributed by atoms with van der Waals surface area (Å²) in [5.41, 5.74) is 3.81. The first-order chi connectivity index (χ1) is 14.6. The fraction of sp³-hybridized carbons (Fsp3) is 0.417. The van der Waals surface area contributed by atoms with Gasteiger partial charge in [-0.2, -0.15) is 0 Å². The van der Waals surface area contributed by atoms with Crippen LogP contribution in [0, 0.1) is 0 Å². The number of aryl methyl sites for hydroxylation is 2. The third-order valence-electron chi connectivity index (χ3n) is 5.80. The van der Waals surface area contributed by atoms with E-state index in [0.29, 0.717) is 18.8 Å². The minimum absolute atomic E-state index is 0.159. The molecular weight excluding hydrogens is 380 g/mol. The highest BCUT2D eigenvalue weighted by Gasteiger charge is 2.27. The fourth-order valence-electron chi connectivity index (χ4n) is 4.14. The Bertz CT molecular complexity index is 891. The second kappa shape index (κ2) is 9.20. The summed E-state index contributed by atoms with van der Waals surface area (Å²) in [4.78, 5) is 28.8. The van der Waals surface area contributed by atoms with Crippen molar-refractivity contribution in [1.29, 1.82) is 0 Å². The lowest BCUT2D eigenvalue weighted by Gasteiger charge is -2.37. The molecule has 1 aliphatic carbocycles. The summed E-state index contributed by atoms with van der Waals surface area (Å²) in [7, 11) is 0. The quantitative estimate of drug-likeness (QED) is 0.688. The number of fused-ring (bicyclic) bond motifs is 1. The second-order valence-corrected chi connectivity index (χ2v) is 7.85. The van der Waals surface area contributed by atoms with Crippen molar-refractivity contribution in [3.8, 4) is 5.75 Å². The van der Waals surface area contributed by atoms with Crippen LogP contribution in [0.5, 0.6) is 5.75 Å². The van der Waals surface area contributed by atoms with Crippen LogP contribution >= 0.6 is 0 Å². The van der Waals surface area contributed by atoms with Gasteiger partial charge in [0.1, 0.15) is 5.75 Å². The number of nitrogens with zero attached hydrogens (tertiary/aromatic N) is 2. The van der Waals surface area contributed by atoms with Gasteiger partial charge in [-0.05, 0) is 61.6 Å². The molecule has 2 aliphatic rings. The van der Waals surface area contributed by atoms with Gasteiger partial charge in [0.25, 0.3) is 5.91 Å². The number of ether oxygens (including phenoxy) is 2. The summed E-state index contributed by atoms with van der Waals surface area (Å²) in [5, 5.41) is 0. The summed E-state index contributed by atoms with van der Waals surface area (Å²) < 4.78 is 10.9. The Morgan fingerprint density at radius 3 is 2.47 bits per heavy atom. The van der Waals surface area contributed by atoms with Crippen molar-refractivity contribution in [2.24, 2.45) is 0 Å². The number of hydrogen-bond acceptors (Lipinski definition) is 5. The third-order valence-corrected chi connectivity index (χ3v) is 5.80. The van der Waals surface area contributed by atoms with E-state index in [1.54, 1.807) is 11.8 Å². The van der Waals surface area contributed by atoms with Crippen LogP contribution in [-0.4, -0.2) is 55.7 Å². The lowest BCUT2D eigenvalue weighted by Crippen LogP contribution is -2.51. The average Bonchev–Trinajstić information content (AvgIpc) is 3.26. The van der Waals surface area contributed by atoms with E-state index in [0.717, 1.165) is 31.6 Å². The molecule has 1 saturated heterocycles. The molecule has 6 heteroatoms. The molecule has 2 aromatic rings. The zero-order valence-electron chi connectivity index (χ0n) is 17.4. The van der Waals surface area contributed by atoms with E-state index >= 15 is 0 Å². The zero-order valence-corrected chi connectivity index (χ0v) is 17.4. The predicted octanol–water partition coefficient (Wildman–Crippen LogP) is 2.83. The Kier molecular flexibility index (Phi) is 6.21. The molecule has 30 heavy (non-hydrogen) atoms. The number of carbonyl (C=O) groups excluding carboxylic acids is 2. The van der Waals surface area contributed by atoms with Crippen LogP contribution in [0.2, 0.25) is 0 Å². The standard InChI is InChI=1S/C24H28N2O4/c1-18(24(28)26-14-12-25(13-15-26)21-8-3-2-4-9-21)30-23(27)17-29-22-11-10-19-6-5-7-20(19)16-22/h2-4,8-11,16,18H,5-7,12-15,17H2,1H3/t18-/m1/s1. The number of para-hydroxylation sites is 1. The number of piperazine rings is 1. The number of benzene rings is 2. The molecule has 1 fully saturated rings. The number of carbonyl (C=O) groups is 2. The first-order valence-corrected chi connectivity index (χ1v) is 10.6. The minimum atomic E-state index is -0.815. The van der Waals surface area contributed by atoms with E-state index in [-0.39, 0.29) is 12.5 Å². The van der Waals surface area contributed by atoms with Crippen LogP contribution in [0.15, 0.2) is 48.5 Å². The van der Waals surface area contributed by atoms with Crippen molar-refractivity contribution in [3.63, 3.8) is 0 Å². The Morgan fingerprint density at radius 1 is 0.967 bits per heavy atom. The molecule has 1 aliphatic heterocycles. The summed E-state index contributed by atoms with van der Waals surface area (Å²) in [6, 6.07) is 16.1. The molecule has 0 unspecified atom stereocenters. The van der Waals surface area contributed by atoms with Crippen molar-refractivity contribution < 1.29 is 19.1 Å². The fourth-order valence-corrected chi connectivity index (χ4v) is 4.14. The van der Waals surface area contributed by atoms with Crippen LogP contribution in [0.1, 0.15) is 24.5 Å². The smallest absolute Gasteiger partial charge is 0.344 e. The van der Waals surface area contributed by atoms with Crippen molar-refractivity contribution in [3.05, 3.63) is 59.7 Å². The highest BCUT2D eigenvalue weighted by molar-refractivity contribution is 5.84. The maximum absolute atomic E-state index is 12.7. The molecule has 0 spiro atoms. The third kappa shape index (κ3) is 4.75. The maximum atomic E-state index is 12.7. The largest absolute Gasteiger partial charge is 0.482 e. The molecule has 158 valence electrons. The van der Waals surface area contributed by atoms with Crippen LogP contribution in [0.3, 0.4) is 0 Å².